The molecule has 44 heavy (non-hydrogen) atoms. The number of carbonyl (C=O) groups is 2. The Hall–Kier alpha value is -2.12. The second kappa shape index (κ2) is 10.4. The second-order valence-electron chi connectivity index (χ2n) is 14.1. The fourth-order valence-corrected chi connectivity index (χ4v) is 12.2. The van der Waals surface area contributed by atoms with E-state index in [1.54, 1.807) is 52.7 Å². The molecule has 0 radical (unpaired) electrons. The van der Waals surface area contributed by atoms with Crippen LogP contribution in [0.1, 0.15) is 30.1 Å². The van der Waals surface area contributed by atoms with Crippen molar-refractivity contribution in [1.29, 1.82) is 0 Å². The Morgan fingerprint density at radius 3 is 2.27 bits per heavy atom. The number of nitrogens with zero attached hydrogens (tertiary/aromatic N) is 1. The number of benzene rings is 1. The molecule has 6 aliphatic rings. The van der Waals surface area contributed by atoms with Crippen LogP contribution >= 0.6 is 0 Å². The topological polar surface area (TPSA) is 133 Å². The molecule has 5 saturated carbocycles. The van der Waals surface area contributed by atoms with Crippen LogP contribution in [-0.2, 0) is 33.2 Å². The molecule has 1 heterocycles. The van der Waals surface area contributed by atoms with Gasteiger partial charge in [0.05, 0.1) is 36.6 Å². The zero-order valence-electron chi connectivity index (χ0n) is 26.3. The van der Waals surface area contributed by atoms with Gasteiger partial charge >= 0.3 is 11.9 Å². The van der Waals surface area contributed by atoms with Crippen molar-refractivity contribution in [3.63, 3.8) is 0 Å². The Kier molecular flexibility index (Phi) is 7.25. The first-order valence-electron chi connectivity index (χ1n) is 15.7. The highest BCUT2D eigenvalue weighted by Gasteiger charge is 2.90. The van der Waals surface area contributed by atoms with Gasteiger partial charge in [-0.3, -0.25) is 4.79 Å². The molecule has 7 bridgehead atoms. The van der Waals surface area contributed by atoms with Crippen LogP contribution in [0, 0.1) is 40.4 Å². The summed E-state index contributed by atoms with van der Waals surface area (Å²) < 4.78 is 37.6. The number of aliphatic hydroxyl groups is 2. The van der Waals surface area contributed by atoms with E-state index in [0.29, 0.717) is 31.6 Å². The summed E-state index contributed by atoms with van der Waals surface area (Å²) in [6.45, 7) is 2.20. The van der Waals surface area contributed by atoms with Gasteiger partial charge in [0, 0.05) is 88.9 Å². The van der Waals surface area contributed by atoms with Crippen molar-refractivity contribution < 1.29 is 48.2 Å². The van der Waals surface area contributed by atoms with E-state index in [1.807, 2.05) is 13.1 Å². The van der Waals surface area contributed by atoms with Crippen LogP contribution in [0.15, 0.2) is 30.3 Å². The average Bonchev–Trinajstić information content (AvgIpc) is 3.44. The van der Waals surface area contributed by atoms with E-state index in [9.17, 15) is 19.8 Å². The lowest BCUT2D eigenvalue weighted by molar-refractivity contribution is -0.310. The third kappa shape index (κ3) is 3.47. The van der Waals surface area contributed by atoms with Crippen molar-refractivity contribution in [2.75, 3.05) is 48.6 Å². The maximum Gasteiger partial charge on any atom is 0.338 e. The Morgan fingerprint density at radius 2 is 1.66 bits per heavy atom. The lowest BCUT2D eigenvalue weighted by Crippen LogP contribution is -2.80. The SMILES string of the molecule is COC[C@]12CN(C)[C@@H]3[C@@H]4[C@H](OC)[C@H]1[C@@]3([C@@H](OC)CC2O)[C@@H]1C[C@@H]2[C@@H](OC)[C@H](O)[C@@]4(OC(C)=O)[C@H]1[C@H]2OC(=O)c1ccccc1. The van der Waals surface area contributed by atoms with Gasteiger partial charge in [-0.1, -0.05) is 18.2 Å². The van der Waals surface area contributed by atoms with E-state index in [1.165, 1.54) is 6.92 Å². The molecule has 1 aromatic carbocycles. The minimum absolute atomic E-state index is 0.224. The van der Waals surface area contributed by atoms with Crippen LogP contribution < -0.4 is 0 Å². The number of ether oxygens (including phenoxy) is 6. The molecule has 15 atom stereocenters. The van der Waals surface area contributed by atoms with Gasteiger partial charge in [-0.15, -0.1) is 0 Å². The lowest BCUT2D eigenvalue weighted by atomic mass is 9.42. The van der Waals surface area contributed by atoms with Gasteiger partial charge in [-0.2, -0.15) is 0 Å². The molecule has 1 aromatic rings. The van der Waals surface area contributed by atoms with Crippen molar-refractivity contribution >= 4 is 11.9 Å². The zero-order chi connectivity index (χ0) is 31.3. The quantitative estimate of drug-likeness (QED) is 0.408. The number of rotatable bonds is 8. The van der Waals surface area contributed by atoms with E-state index in [-0.39, 0.29) is 29.9 Å². The van der Waals surface area contributed by atoms with Crippen LogP contribution in [0.25, 0.3) is 0 Å². The molecule has 0 amide bonds. The second-order valence-corrected chi connectivity index (χ2v) is 14.1. The standard InChI is InChI=1S/C33H45NO10/c1-16(35)44-33-22-19(12-18(25(41-5)29(33)37)24(22)43-30(38)17-10-8-7-9-11-17)32-21(40-4)13-20(36)31(15-39-3)14-34(2)28(32)23(33)26(42-6)27(31)32/h7-11,18-29,36-37H,12-15H2,1-6H3/t18-,19+,20?,21-,22+,23-,24-,25+,26-,27+,28+,29-,31-,32-,33+/m0/s1. The normalized spacial score (nSPS) is 49.9. The van der Waals surface area contributed by atoms with Gasteiger partial charge in [-0.05, 0) is 31.5 Å². The Morgan fingerprint density at radius 1 is 0.955 bits per heavy atom. The number of aliphatic hydroxyl groups excluding tert-OH is 2. The number of esters is 2. The Labute approximate surface area is 258 Å². The van der Waals surface area contributed by atoms with Crippen LogP contribution in [0.4, 0.5) is 0 Å². The number of hydrogen-bond donors (Lipinski definition) is 2. The predicted octanol–water partition coefficient (Wildman–Crippen LogP) is 1.14. The number of fused-ring (bicyclic) bond motifs is 2. The molecule has 1 spiro atoms. The molecule has 7 rings (SSSR count). The maximum atomic E-state index is 13.7. The highest BCUT2D eigenvalue weighted by molar-refractivity contribution is 5.89. The maximum absolute atomic E-state index is 13.7. The van der Waals surface area contributed by atoms with Crippen molar-refractivity contribution in [2.24, 2.45) is 40.4 Å². The summed E-state index contributed by atoms with van der Waals surface area (Å²) in [4.78, 5) is 29.1. The van der Waals surface area contributed by atoms with Gasteiger partial charge in [-0.25, -0.2) is 4.79 Å². The molecule has 242 valence electrons. The molecule has 11 heteroatoms. The van der Waals surface area contributed by atoms with E-state index >= 15 is 0 Å². The van der Waals surface area contributed by atoms with Crippen molar-refractivity contribution in [3.8, 4) is 0 Å². The van der Waals surface area contributed by atoms with E-state index in [0.717, 1.165) is 0 Å². The fourth-order valence-electron chi connectivity index (χ4n) is 12.2. The number of likely N-dealkylation sites (tertiary alicyclic amines) is 1. The summed E-state index contributed by atoms with van der Waals surface area (Å²) in [7, 11) is 8.57. The number of hydrogen-bond acceptors (Lipinski definition) is 11. The summed E-state index contributed by atoms with van der Waals surface area (Å²) in [5, 5.41) is 24.3. The van der Waals surface area contributed by atoms with Gasteiger partial charge in [0.25, 0.3) is 0 Å². The van der Waals surface area contributed by atoms with E-state index < -0.39 is 70.7 Å². The zero-order valence-corrected chi connectivity index (χ0v) is 26.3. The van der Waals surface area contributed by atoms with Crippen molar-refractivity contribution in [3.05, 3.63) is 35.9 Å². The van der Waals surface area contributed by atoms with E-state index in [2.05, 4.69) is 4.90 Å². The van der Waals surface area contributed by atoms with Crippen molar-refractivity contribution in [1.82, 2.24) is 4.90 Å². The third-order valence-corrected chi connectivity index (χ3v) is 12.8. The molecular formula is C33H45NO10. The number of methoxy groups -OCH3 is 4. The first kappa shape index (κ1) is 30.5. The monoisotopic (exact) mass is 615 g/mol. The molecule has 1 saturated heterocycles. The molecule has 1 unspecified atom stereocenters. The fraction of sp³-hybridized carbons (Fsp3) is 0.758. The molecule has 5 aliphatic carbocycles. The van der Waals surface area contributed by atoms with Crippen LogP contribution in [0.3, 0.4) is 0 Å². The summed E-state index contributed by atoms with van der Waals surface area (Å²) in [6.07, 6.45) is -3.36. The summed E-state index contributed by atoms with van der Waals surface area (Å²) in [5.74, 6) is -2.95. The van der Waals surface area contributed by atoms with Crippen LogP contribution in [0.2, 0.25) is 0 Å². The molecule has 0 aromatic heterocycles. The number of piperidine rings is 1. The highest BCUT2D eigenvalue weighted by atomic mass is 16.6. The third-order valence-electron chi connectivity index (χ3n) is 12.8. The molecule has 6 fully saturated rings. The summed E-state index contributed by atoms with van der Waals surface area (Å²) >= 11 is 0. The predicted molar refractivity (Wildman–Crippen MR) is 154 cm³/mol. The summed E-state index contributed by atoms with van der Waals surface area (Å²) in [6, 6.07) is 8.61. The largest absolute Gasteiger partial charge is 0.458 e. The average molecular weight is 616 g/mol. The van der Waals surface area contributed by atoms with Gasteiger partial charge < -0.3 is 43.5 Å². The smallest absolute Gasteiger partial charge is 0.338 e. The molecular weight excluding hydrogens is 570 g/mol. The Bertz CT molecular complexity index is 1300. The van der Waals surface area contributed by atoms with Gasteiger partial charge in [0.1, 0.15) is 12.2 Å². The lowest BCUT2D eigenvalue weighted by Gasteiger charge is -2.70. The first-order valence-corrected chi connectivity index (χ1v) is 15.7. The van der Waals surface area contributed by atoms with Crippen LogP contribution in [0.5, 0.6) is 0 Å². The first-order chi connectivity index (χ1) is 21.1. The van der Waals surface area contributed by atoms with Crippen LogP contribution in [-0.4, -0.2) is 124 Å². The van der Waals surface area contributed by atoms with E-state index in [4.69, 9.17) is 28.4 Å². The molecule has 1 aliphatic heterocycles. The minimum atomic E-state index is -1.50. The summed E-state index contributed by atoms with van der Waals surface area (Å²) in [5.41, 5.74) is -2.38. The molecule has 2 N–H and O–H groups in total. The van der Waals surface area contributed by atoms with Gasteiger partial charge in [0.15, 0.2) is 5.60 Å². The Balaban J connectivity index is 1.49. The highest BCUT2D eigenvalue weighted by Crippen LogP contribution is 2.80. The van der Waals surface area contributed by atoms with Crippen molar-refractivity contribution in [2.45, 2.75) is 68.0 Å². The number of carbonyl (C=O) groups excluding carboxylic acids is 2. The van der Waals surface area contributed by atoms with Gasteiger partial charge in [0.2, 0.25) is 0 Å². The molecule has 11 nitrogen and oxygen atoms in total. The minimum Gasteiger partial charge on any atom is -0.458 e.